The number of carbonyl (C=O) groups is 1. The van der Waals surface area contributed by atoms with Crippen LogP contribution in [0.25, 0.3) is 16.7 Å². The molecule has 2 heterocycles. The van der Waals surface area contributed by atoms with Crippen LogP contribution in [0.1, 0.15) is 20.3 Å². The fraction of sp³-hybridized carbons (Fsp3) is 0.333. The molecule has 0 saturated carbocycles. The Balaban J connectivity index is 2.08. The Hall–Kier alpha value is -2.99. The molecule has 2 aromatic heterocycles. The highest BCUT2D eigenvalue weighted by atomic mass is 32.2. The monoisotopic (exact) mass is 382 g/mol. The molecule has 0 saturated heterocycles. The first-order valence-electron chi connectivity index (χ1n) is 8.46. The first-order chi connectivity index (χ1) is 13.0. The third kappa shape index (κ3) is 3.36. The molecule has 0 aliphatic heterocycles. The van der Waals surface area contributed by atoms with E-state index in [1.807, 2.05) is 25.1 Å². The van der Waals surface area contributed by atoms with E-state index in [9.17, 15) is 9.59 Å². The van der Waals surface area contributed by atoms with Crippen molar-refractivity contribution < 1.29 is 4.79 Å². The Labute approximate surface area is 159 Å². The van der Waals surface area contributed by atoms with Gasteiger partial charge in [-0.2, -0.15) is 5.26 Å². The maximum absolute atomic E-state index is 12.8. The van der Waals surface area contributed by atoms with Gasteiger partial charge in [-0.15, -0.1) is 10.2 Å². The quantitative estimate of drug-likeness (QED) is 0.495. The lowest BCUT2D eigenvalue weighted by atomic mass is 10.0. The van der Waals surface area contributed by atoms with Gasteiger partial charge in [0.1, 0.15) is 5.92 Å². The van der Waals surface area contributed by atoms with Gasteiger partial charge < -0.3 is 5.41 Å². The second-order valence-corrected chi connectivity index (χ2v) is 7.03. The highest BCUT2D eigenvalue weighted by Gasteiger charge is 2.22. The zero-order valence-corrected chi connectivity index (χ0v) is 15.8. The molecule has 1 N–H and O–H groups in total. The van der Waals surface area contributed by atoms with Crippen molar-refractivity contribution in [3.8, 4) is 6.07 Å². The fourth-order valence-electron chi connectivity index (χ4n) is 2.88. The summed E-state index contributed by atoms with van der Waals surface area (Å²) < 4.78 is 3.35. The van der Waals surface area contributed by atoms with Crippen molar-refractivity contribution in [1.29, 1.82) is 10.7 Å². The second-order valence-electron chi connectivity index (χ2n) is 6.09. The number of nitrogens with one attached hydrogen (secondary N) is 1. The minimum Gasteiger partial charge on any atom is -0.308 e. The van der Waals surface area contributed by atoms with Crippen LogP contribution in [0.3, 0.4) is 0 Å². The number of para-hydroxylation sites is 1. The van der Waals surface area contributed by atoms with Gasteiger partial charge in [0.05, 0.1) is 22.7 Å². The third-order valence-corrected chi connectivity index (χ3v) is 5.10. The Morgan fingerprint density at radius 2 is 2.11 bits per heavy atom. The van der Waals surface area contributed by atoms with Gasteiger partial charge >= 0.3 is 0 Å². The zero-order valence-electron chi connectivity index (χ0n) is 15.0. The van der Waals surface area contributed by atoms with Crippen LogP contribution in [-0.4, -0.2) is 36.4 Å². The lowest BCUT2D eigenvalue weighted by Gasteiger charge is -2.10. The molecule has 0 aliphatic rings. The molecule has 3 rings (SSSR count). The third-order valence-electron chi connectivity index (χ3n) is 4.15. The Morgan fingerprint density at radius 3 is 2.78 bits per heavy atom. The average Bonchev–Trinajstić information content (AvgIpc) is 3.07. The van der Waals surface area contributed by atoms with Gasteiger partial charge in [0.15, 0.2) is 10.9 Å². The van der Waals surface area contributed by atoms with E-state index in [1.165, 1.54) is 6.92 Å². The summed E-state index contributed by atoms with van der Waals surface area (Å²) >= 11 is 1.15. The normalized spacial score (nSPS) is 12.2. The molecule has 8 nitrogen and oxygen atoms in total. The number of aromatic nitrogens is 4. The van der Waals surface area contributed by atoms with E-state index >= 15 is 0 Å². The summed E-state index contributed by atoms with van der Waals surface area (Å²) in [7, 11) is 0. The molecule has 0 radical (unpaired) electrons. The first-order valence-corrected chi connectivity index (χ1v) is 9.45. The van der Waals surface area contributed by atoms with Crippen LogP contribution in [0.2, 0.25) is 0 Å². The van der Waals surface area contributed by atoms with E-state index in [4.69, 9.17) is 10.7 Å². The van der Waals surface area contributed by atoms with Crippen LogP contribution in [0, 0.1) is 22.7 Å². The number of hydrogen-bond acceptors (Lipinski definition) is 7. The van der Waals surface area contributed by atoms with E-state index in [1.54, 1.807) is 21.1 Å². The molecule has 1 aromatic carbocycles. The Bertz CT molecular complexity index is 1140. The summed E-state index contributed by atoms with van der Waals surface area (Å²) in [5.74, 6) is -0.976. The summed E-state index contributed by atoms with van der Waals surface area (Å²) in [6, 6.07) is 9.06. The standard InChI is InChI=1S/C18H18N6O2S/c1-3-8-23-16(26)12-6-4-5-7-14(12)24-17(23)21-22-18(24)27-10-15(25)13(9-19)11(2)20/h4-7,13,20H,3,8,10H2,1-2H3/t13-/m0/s1. The molecule has 0 amide bonds. The van der Waals surface area contributed by atoms with E-state index < -0.39 is 5.92 Å². The van der Waals surface area contributed by atoms with Crippen molar-refractivity contribution >= 4 is 39.9 Å². The van der Waals surface area contributed by atoms with Crippen LogP contribution in [0.4, 0.5) is 0 Å². The predicted molar refractivity (Wildman–Crippen MR) is 103 cm³/mol. The van der Waals surface area contributed by atoms with E-state index in [2.05, 4.69) is 10.2 Å². The molecule has 1 atom stereocenters. The number of aryl methyl sites for hydroxylation is 1. The average molecular weight is 382 g/mol. The van der Waals surface area contributed by atoms with Crippen molar-refractivity contribution in [2.45, 2.75) is 32.0 Å². The van der Waals surface area contributed by atoms with Gasteiger partial charge in [0, 0.05) is 12.3 Å². The number of thioether (sulfide) groups is 1. The highest BCUT2D eigenvalue weighted by Crippen LogP contribution is 2.22. The van der Waals surface area contributed by atoms with Crippen LogP contribution in [0.15, 0.2) is 34.2 Å². The van der Waals surface area contributed by atoms with Crippen LogP contribution >= 0.6 is 11.8 Å². The van der Waals surface area contributed by atoms with Crippen LogP contribution in [0.5, 0.6) is 0 Å². The molecule has 0 spiro atoms. The van der Waals surface area contributed by atoms with Crippen molar-refractivity contribution in [2.24, 2.45) is 5.92 Å². The molecule has 27 heavy (non-hydrogen) atoms. The predicted octanol–water partition coefficient (Wildman–Crippen LogP) is 2.29. The number of rotatable bonds is 7. The smallest absolute Gasteiger partial charge is 0.262 e. The van der Waals surface area contributed by atoms with Gasteiger partial charge in [-0.05, 0) is 25.5 Å². The number of nitriles is 1. The molecule has 0 unspecified atom stereocenters. The van der Waals surface area contributed by atoms with E-state index in [0.717, 1.165) is 18.2 Å². The molecular weight excluding hydrogens is 364 g/mol. The SMILES string of the molecule is CCCn1c(=O)c2ccccc2n2c(SCC(=O)[C@@H](C#N)C(C)=N)nnc12. The fourth-order valence-corrected chi connectivity index (χ4v) is 3.73. The van der Waals surface area contributed by atoms with Crippen molar-refractivity contribution in [1.82, 2.24) is 19.2 Å². The number of ketones is 1. The summed E-state index contributed by atoms with van der Waals surface area (Å²) in [6.07, 6.45) is 0.768. The summed E-state index contributed by atoms with van der Waals surface area (Å²) in [4.78, 5) is 25.0. The largest absolute Gasteiger partial charge is 0.308 e. The van der Waals surface area contributed by atoms with Gasteiger partial charge in [-0.1, -0.05) is 30.8 Å². The number of carbonyl (C=O) groups excluding carboxylic acids is 1. The molecule has 0 bridgehead atoms. The van der Waals surface area contributed by atoms with Crippen molar-refractivity contribution in [3.63, 3.8) is 0 Å². The molecule has 0 fully saturated rings. The number of Topliss-reactive ketones (excluding diaryl/α,β-unsaturated/α-hetero) is 1. The highest BCUT2D eigenvalue weighted by molar-refractivity contribution is 7.99. The number of nitrogens with zero attached hydrogens (tertiary/aromatic N) is 5. The minimum absolute atomic E-state index is 0.00350. The van der Waals surface area contributed by atoms with E-state index in [0.29, 0.717) is 28.4 Å². The van der Waals surface area contributed by atoms with Crippen LogP contribution in [-0.2, 0) is 11.3 Å². The molecule has 9 heteroatoms. The first kappa shape index (κ1) is 18.8. The van der Waals surface area contributed by atoms with Gasteiger partial charge in [-0.25, -0.2) is 0 Å². The van der Waals surface area contributed by atoms with Crippen LogP contribution < -0.4 is 5.56 Å². The molecule has 3 aromatic rings. The Kier molecular flexibility index (Phi) is 5.37. The maximum Gasteiger partial charge on any atom is 0.262 e. The zero-order chi connectivity index (χ0) is 19.6. The Morgan fingerprint density at radius 1 is 1.37 bits per heavy atom. The minimum atomic E-state index is -1.05. The van der Waals surface area contributed by atoms with Crippen molar-refractivity contribution in [3.05, 3.63) is 34.6 Å². The summed E-state index contributed by atoms with van der Waals surface area (Å²) in [5.41, 5.74) is 0.574. The summed E-state index contributed by atoms with van der Waals surface area (Å²) in [6.45, 7) is 3.93. The van der Waals surface area contributed by atoms with Gasteiger partial charge in [0.2, 0.25) is 5.78 Å². The molecule has 0 aliphatic carbocycles. The second kappa shape index (κ2) is 7.72. The molecule has 138 valence electrons. The summed E-state index contributed by atoms with van der Waals surface area (Å²) in [5, 5.41) is 26.0. The van der Waals surface area contributed by atoms with Crippen molar-refractivity contribution in [2.75, 3.05) is 5.75 Å². The molecular formula is C18H18N6O2S. The maximum atomic E-state index is 12.8. The lowest BCUT2D eigenvalue weighted by Crippen LogP contribution is -2.23. The topological polar surface area (TPSA) is 117 Å². The number of benzene rings is 1. The van der Waals surface area contributed by atoms with E-state index in [-0.39, 0.29) is 22.8 Å². The number of hydrogen-bond donors (Lipinski definition) is 1. The van der Waals surface area contributed by atoms with Gasteiger partial charge in [-0.3, -0.25) is 18.6 Å². The number of fused-ring (bicyclic) bond motifs is 3. The van der Waals surface area contributed by atoms with Gasteiger partial charge in [0.25, 0.3) is 5.56 Å². The lowest BCUT2D eigenvalue weighted by molar-refractivity contribution is -0.117.